The van der Waals surface area contributed by atoms with Gasteiger partial charge in [0.25, 0.3) is 11.9 Å². The topological polar surface area (TPSA) is 76.3 Å². The third-order valence-corrected chi connectivity index (χ3v) is 2.52. The first-order chi connectivity index (χ1) is 9.38. The molecule has 0 saturated heterocycles. The normalized spacial score (nSPS) is 11.0. The second-order valence-electron chi connectivity index (χ2n) is 4.05. The van der Waals surface area contributed by atoms with Crippen LogP contribution in [0.3, 0.4) is 0 Å². The molecular weight excluding hydrogens is 240 g/mol. The van der Waals surface area contributed by atoms with Crippen LogP contribution in [0.2, 0.25) is 0 Å². The Kier molecular flexibility index (Phi) is 5.04. The molecule has 0 fully saturated rings. The highest BCUT2D eigenvalue weighted by atomic mass is 15.2. The van der Waals surface area contributed by atoms with Gasteiger partial charge in [0.15, 0.2) is 0 Å². The lowest BCUT2D eigenvalue weighted by Gasteiger charge is -1.99. The lowest BCUT2D eigenvalue weighted by molar-refractivity contribution is 0.705. The van der Waals surface area contributed by atoms with E-state index in [2.05, 4.69) is 37.1 Å². The summed E-state index contributed by atoms with van der Waals surface area (Å²) in [6.45, 7) is 2.18. The van der Waals surface area contributed by atoms with Crippen LogP contribution < -0.4 is 0 Å². The van der Waals surface area contributed by atoms with Gasteiger partial charge in [0.05, 0.1) is 0 Å². The summed E-state index contributed by atoms with van der Waals surface area (Å²) in [5.74, 6) is 0.656. The van der Waals surface area contributed by atoms with E-state index in [1.807, 2.05) is 6.07 Å². The largest absolute Gasteiger partial charge is 0.269 e. The Morgan fingerprint density at radius 2 is 1.68 bits per heavy atom. The molecule has 0 aliphatic heterocycles. The quantitative estimate of drug-likeness (QED) is 0.586. The Balaban J connectivity index is 2.00. The van der Waals surface area contributed by atoms with Crippen molar-refractivity contribution in [3.05, 3.63) is 36.4 Å². The highest BCUT2D eigenvalue weighted by molar-refractivity contribution is 5.18. The summed E-state index contributed by atoms with van der Waals surface area (Å²) in [6.07, 6.45) is 9.41. The summed E-state index contributed by atoms with van der Waals surface area (Å²) >= 11 is 0. The molecule has 0 N–H and O–H groups in total. The van der Waals surface area contributed by atoms with Crippen molar-refractivity contribution in [2.75, 3.05) is 0 Å². The molecule has 19 heavy (non-hydrogen) atoms. The van der Waals surface area contributed by atoms with E-state index in [9.17, 15) is 0 Å². The van der Waals surface area contributed by atoms with Gasteiger partial charge >= 0.3 is 0 Å². The maximum Gasteiger partial charge on any atom is 0.269 e. The van der Waals surface area contributed by atoms with Gasteiger partial charge in [-0.1, -0.05) is 19.8 Å². The molecule has 2 aromatic heterocycles. The molecule has 6 nitrogen and oxygen atoms in total. The van der Waals surface area contributed by atoms with Crippen LogP contribution >= 0.6 is 0 Å². The Morgan fingerprint density at radius 3 is 2.47 bits per heavy atom. The van der Waals surface area contributed by atoms with Gasteiger partial charge in [0, 0.05) is 24.3 Å². The molecule has 0 unspecified atom stereocenters. The van der Waals surface area contributed by atoms with Crippen LogP contribution in [0.1, 0.15) is 31.9 Å². The number of aromatic nitrogens is 4. The molecule has 0 saturated carbocycles. The fourth-order valence-electron chi connectivity index (χ4n) is 1.56. The van der Waals surface area contributed by atoms with Crippen molar-refractivity contribution < 1.29 is 0 Å². The number of unbranched alkanes of at least 4 members (excludes halogenated alkanes) is 2. The van der Waals surface area contributed by atoms with Crippen LogP contribution in [0, 0.1) is 0 Å². The smallest absolute Gasteiger partial charge is 0.218 e. The maximum absolute atomic E-state index is 4.33. The number of nitrogens with zero attached hydrogens (tertiary/aromatic N) is 6. The molecule has 0 bridgehead atoms. The minimum absolute atomic E-state index is 0.308. The molecule has 2 rings (SSSR count). The van der Waals surface area contributed by atoms with Gasteiger partial charge in [-0.05, 0) is 25.0 Å². The van der Waals surface area contributed by atoms with Crippen molar-refractivity contribution in [2.24, 2.45) is 10.2 Å². The SMILES string of the molecule is CCCCCc1ccnc(N=Nc2ncccn2)n1. The van der Waals surface area contributed by atoms with E-state index in [4.69, 9.17) is 0 Å². The predicted molar refractivity (Wildman–Crippen MR) is 71.5 cm³/mol. The number of rotatable bonds is 6. The predicted octanol–water partition coefficient (Wildman–Crippen LogP) is 3.41. The Morgan fingerprint density at radius 1 is 0.947 bits per heavy atom. The van der Waals surface area contributed by atoms with Crippen molar-refractivity contribution in [3.63, 3.8) is 0 Å². The lowest BCUT2D eigenvalue weighted by atomic mass is 10.1. The number of azo groups is 1. The van der Waals surface area contributed by atoms with Gasteiger partial charge in [-0.15, -0.1) is 10.2 Å². The molecule has 0 radical (unpaired) electrons. The highest BCUT2D eigenvalue weighted by Crippen LogP contribution is 2.11. The van der Waals surface area contributed by atoms with Crippen molar-refractivity contribution >= 4 is 11.9 Å². The summed E-state index contributed by atoms with van der Waals surface area (Å²) < 4.78 is 0. The summed E-state index contributed by atoms with van der Waals surface area (Å²) in [4.78, 5) is 16.3. The van der Waals surface area contributed by atoms with Gasteiger partial charge in [-0.2, -0.15) is 0 Å². The second-order valence-corrected chi connectivity index (χ2v) is 4.05. The second kappa shape index (κ2) is 7.25. The number of hydrogen-bond acceptors (Lipinski definition) is 6. The average Bonchev–Trinajstić information content (AvgIpc) is 2.47. The molecule has 0 aliphatic carbocycles. The monoisotopic (exact) mass is 256 g/mol. The molecular formula is C13H16N6. The zero-order valence-electron chi connectivity index (χ0n) is 10.9. The summed E-state index contributed by atoms with van der Waals surface area (Å²) in [5.41, 5.74) is 0.992. The van der Waals surface area contributed by atoms with Crippen molar-refractivity contribution in [1.29, 1.82) is 0 Å². The fourth-order valence-corrected chi connectivity index (χ4v) is 1.56. The Bertz CT molecular complexity index is 526. The summed E-state index contributed by atoms with van der Waals surface area (Å²) in [7, 11) is 0. The van der Waals surface area contributed by atoms with Gasteiger partial charge in [-0.3, -0.25) is 0 Å². The summed E-state index contributed by atoms with van der Waals surface area (Å²) in [5, 5.41) is 7.83. The molecule has 0 atom stereocenters. The van der Waals surface area contributed by atoms with Crippen LogP contribution in [-0.2, 0) is 6.42 Å². The highest BCUT2D eigenvalue weighted by Gasteiger charge is 1.99. The van der Waals surface area contributed by atoms with Gasteiger partial charge in [-0.25, -0.2) is 19.9 Å². The molecule has 0 amide bonds. The van der Waals surface area contributed by atoms with Gasteiger partial charge in [0.2, 0.25) is 0 Å². The Labute approximate surface area is 112 Å². The zero-order valence-corrected chi connectivity index (χ0v) is 10.9. The molecule has 0 aliphatic rings. The first kappa shape index (κ1) is 13.2. The number of hydrogen-bond donors (Lipinski definition) is 0. The van der Waals surface area contributed by atoms with Crippen molar-refractivity contribution in [3.8, 4) is 0 Å². The fraction of sp³-hybridized carbons (Fsp3) is 0.385. The Hall–Kier alpha value is -2.24. The third-order valence-electron chi connectivity index (χ3n) is 2.52. The van der Waals surface area contributed by atoms with E-state index in [0.717, 1.165) is 18.5 Å². The van der Waals surface area contributed by atoms with Crippen LogP contribution in [0.4, 0.5) is 11.9 Å². The minimum Gasteiger partial charge on any atom is -0.218 e. The van der Waals surface area contributed by atoms with Gasteiger partial charge < -0.3 is 0 Å². The lowest BCUT2D eigenvalue weighted by Crippen LogP contribution is -1.91. The molecule has 6 heteroatoms. The van der Waals surface area contributed by atoms with Crippen LogP contribution in [0.25, 0.3) is 0 Å². The van der Waals surface area contributed by atoms with Crippen molar-refractivity contribution in [2.45, 2.75) is 32.6 Å². The first-order valence-electron chi connectivity index (χ1n) is 6.39. The molecule has 98 valence electrons. The van der Waals surface area contributed by atoms with Crippen LogP contribution in [0.5, 0.6) is 0 Å². The van der Waals surface area contributed by atoms with E-state index in [1.54, 1.807) is 24.7 Å². The molecule has 0 aromatic carbocycles. The van der Waals surface area contributed by atoms with Crippen LogP contribution in [0.15, 0.2) is 41.0 Å². The van der Waals surface area contributed by atoms with E-state index in [-0.39, 0.29) is 0 Å². The first-order valence-corrected chi connectivity index (χ1v) is 6.39. The minimum atomic E-state index is 0.308. The van der Waals surface area contributed by atoms with E-state index >= 15 is 0 Å². The molecule has 2 aromatic rings. The van der Waals surface area contributed by atoms with Crippen molar-refractivity contribution in [1.82, 2.24) is 19.9 Å². The molecule has 0 spiro atoms. The standard InChI is InChI=1S/C13H16N6/c1-2-3-4-6-11-7-10-16-13(17-11)19-18-12-14-8-5-9-15-12/h5,7-10H,2-4,6H2,1H3. The van der Waals surface area contributed by atoms with E-state index in [1.165, 1.54) is 12.8 Å². The van der Waals surface area contributed by atoms with E-state index < -0.39 is 0 Å². The molecule has 2 heterocycles. The average molecular weight is 256 g/mol. The summed E-state index contributed by atoms with van der Waals surface area (Å²) in [6, 6.07) is 3.64. The van der Waals surface area contributed by atoms with Gasteiger partial charge in [0.1, 0.15) is 0 Å². The third kappa shape index (κ3) is 4.50. The van der Waals surface area contributed by atoms with Crippen LogP contribution in [-0.4, -0.2) is 19.9 Å². The maximum atomic E-state index is 4.33. The zero-order chi connectivity index (χ0) is 13.3. The van der Waals surface area contributed by atoms with E-state index in [0.29, 0.717) is 11.9 Å². The number of aryl methyl sites for hydroxylation is 1.